The standard InChI is InChI=1S/C16H21N3O2/c1-16(2)11-19(9-12(21-16)10-20-3)15-5-7-18-14-4-6-17-8-13(14)15/h4-8,12H,9-11H2,1-3H3. The summed E-state index contributed by atoms with van der Waals surface area (Å²) in [6.45, 7) is 6.47. The highest BCUT2D eigenvalue weighted by atomic mass is 16.5. The molecule has 1 unspecified atom stereocenters. The maximum absolute atomic E-state index is 6.08. The van der Waals surface area contributed by atoms with E-state index in [1.807, 2.05) is 18.5 Å². The lowest BCUT2D eigenvalue weighted by Crippen LogP contribution is -2.54. The highest BCUT2D eigenvalue weighted by molar-refractivity contribution is 5.90. The van der Waals surface area contributed by atoms with Gasteiger partial charge in [0.05, 0.1) is 23.8 Å². The van der Waals surface area contributed by atoms with Crippen molar-refractivity contribution in [2.75, 3.05) is 31.7 Å². The second-order valence-electron chi connectivity index (χ2n) is 6.06. The Labute approximate surface area is 124 Å². The lowest BCUT2D eigenvalue weighted by atomic mass is 10.0. The molecule has 1 fully saturated rings. The first kappa shape index (κ1) is 14.2. The number of pyridine rings is 2. The molecule has 0 radical (unpaired) electrons. The van der Waals surface area contributed by atoms with E-state index in [1.165, 1.54) is 0 Å². The van der Waals surface area contributed by atoms with Gasteiger partial charge in [-0.1, -0.05) is 0 Å². The number of hydrogen-bond donors (Lipinski definition) is 0. The third-order valence-corrected chi connectivity index (χ3v) is 3.69. The summed E-state index contributed by atoms with van der Waals surface area (Å²) in [4.78, 5) is 11.0. The SMILES string of the molecule is COCC1CN(c2ccnc3ccncc23)CC(C)(C)O1. The number of nitrogens with zero attached hydrogens (tertiary/aromatic N) is 3. The van der Waals surface area contributed by atoms with Crippen molar-refractivity contribution in [3.8, 4) is 0 Å². The summed E-state index contributed by atoms with van der Waals surface area (Å²) in [6.07, 6.45) is 5.58. The van der Waals surface area contributed by atoms with Crippen LogP contribution in [0.15, 0.2) is 30.7 Å². The molecule has 5 heteroatoms. The fourth-order valence-corrected chi connectivity index (χ4v) is 3.00. The Kier molecular flexibility index (Phi) is 3.78. The minimum Gasteiger partial charge on any atom is -0.382 e. The van der Waals surface area contributed by atoms with E-state index in [1.54, 1.807) is 13.3 Å². The molecule has 3 rings (SSSR count). The van der Waals surface area contributed by atoms with Crippen molar-refractivity contribution in [3.05, 3.63) is 30.7 Å². The van der Waals surface area contributed by atoms with Crippen LogP contribution < -0.4 is 4.90 Å². The molecule has 0 aromatic carbocycles. The summed E-state index contributed by atoms with van der Waals surface area (Å²) in [5.74, 6) is 0. The Balaban J connectivity index is 1.97. The predicted octanol–water partition coefficient (Wildman–Crippen LogP) is 2.26. The van der Waals surface area contributed by atoms with E-state index in [4.69, 9.17) is 9.47 Å². The van der Waals surface area contributed by atoms with Crippen LogP contribution in [-0.4, -0.2) is 48.5 Å². The Morgan fingerprint density at radius 3 is 3.05 bits per heavy atom. The molecule has 2 aromatic rings. The lowest BCUT2D eigenvalue weighted by Gasteiger charge is -2.44. The summed E-state index contributed by atoms with van der Waals surface area (Å²) in [6, 6.07) is 3.99. The minimum atomic E-state index is -0.209. The van der Waals surface area contributed by atoms with Crippen LogP contribution in [0.1, 0.15) is 13.8 Å². The van der Waals surface area contributed by atoms with Crippen molar-refractivity contribution in [1.82, 2.24) is 9.97 Å². The van der Waals surface area contributed by atoms with Crippen molar-refractivity contribution in [3.63, 3.8) is 0 Å². The first-order chi connectivity index (χ1) is 10.1. The second kappa shape index (κ2) is 5.58. The van der Waals surface area contributed by atoms with Crippen LogP contribution in [-0.2, 0) is 9.47 Å². The maximum atomic E-state index is 6.08. The number of aromatic nitrogens is 2. The molecule has 21 heavy (non-hydrogen) atoms. The van der Waals surface area contributed by atoms with Gasteiger partial charge in [0.1, 0.15) is 0 Å². The molecular weight excluding hydrogens is 266 g/mol. The van der Waals surface area contributed by atoms with Gasteiger partial charge in [-0.05, 0) is 26.0 Å². The van der Waals surface area contributed by atoms with Gasteiger partial charge in [0.2, 0.25) is 0 Å². The molecule has 3 heterocycles. The predicted molar refractivity (Wildman–Crippen MR) is 82.6 cm³/mol. The molecule has 2 aromatic heterocycles. The van der Waals surface area contributed by atoms with Crippen LogP contribution in [0.25, 0.3) is 10.9 Å². The largest absolute Gasteiger partial charge is 0.382 e. The molecule has 1 saturated heterocycles. The van der Waals surface area contributed by atoms with Gasteiger partial charge in [0, 0.05) is 49.9 Å². The van der Waals surface area contributed by atoms with Crippen molar-refractivity contribution in [2.45, 2.75) is 25.6 Å². The Morgan fingerprint density at radius 2 is 2.24 bits per heavy atom. The number of ether oxygens (including phenoxy) is 2. The number of morpholine rings is 1. The van der Waals surface area contributed by atoms with Crippen molar-refractivity contribution >= 4 is 16.6 Å². The molecule has 1 atom stereocenters. The van der Waals surface area contributed by atoms with Crippen molar-refractivity contribution in [1.29, 1.82) is 0 Å². The van der Waals surface area contributed by atoms with Gasteiger partial charge in [-0.25, -0.2) is 0 Å². The molecule has 1 aliphatic heterocycles. The molecule has 0 saturated carbocycles. The van der Waals surface area contributed by atoms with E-state index in [0.29, 0.717) is 6.61 Å². The number of fused-ring (bicyclic) bond motifs is 1. The lowest BCUT2D eigenvalue weighted by molar-refractivity contribution is -0.106. The van der Waals surface area contributed by atoms with Crippen LogP contribution in [0.3, 0.4) is 0 Å². The highest BCUT2D eigenvalue weighted by Crippen LogP contribution is 2.30. The van der Waals surface area contributed by atoms with Crippen molar-refractivity contribution in [2.24, 2.45) is 0 Å². The van der Waals surface area contributed by atoms with Crippen LogP contribution in [0, 0.1) is 0 Å². The number of rotatable bonds is 3. The molecule has 5 nitrogen and oxygen atoms in total. The second-order valence-corrected chi connectivity index (χ2v) is 6.06. The van der Waals surface area contributed by atoms with E-state index < -0.39 is 0 Å². The zero-order chi connectivity index (χ0) is 14.9. The zero-order valence-corrected chi connectivity index (χ0v) is 12.7. The molecule has 0 spiro atoms. The average molecular weight is 287 g/mol. The molecule has 0 N–H and O–H groups in total. The topological polar surface area (TPSA) is 47.5 Å². The summed E-state index contributed by atoms with van der Waals surface area (Å²) < 4.78 is 11.4. The molecular formula is C16H21N3O2. The molecule has 112 valence electrons. The number of hydrogen-bond acceptors (Lipinski definition) is 5. The third-order valence-electron chi connectivity index (χ3n) is 3.69. The van der Waals surface area contributed by atoms with Crippen LogP contribution in [0.4, 0.5) is 5.69 Å². The summed E-state index contributed by atoms with van der Waals surface area (Å²) in [7, 11) is 1.71. The Morgan fingerprint density at radius 1 is 1.38 bits per heavy atom. The van der Waals surface area contributed by atoms with E-state index >= 15 is 0 Å². The quantitative estimate of drug-likeness (QED) is 0.866. The van der Waals surface area contributed by atoms with Gasteiger partial charge >= 0.3 is 0 Å². The summed E-state index contributed by atoms with van der Waals surface area (Å²) in [5.41, 5.74) is 1.92. The average Bonchev–Trinajstić information content (AvgIpc) is 2.45. The maximum Gasteiger partial charge on any atom is 0.0990 e. The van der Waals surface area contributed by atoms with Crippen molar-refractivity contribution < 1.29 is 9.47 Å². The Hall–Kier alpha value is -1.72. The van der Waals surface area contributed by atoms with Gasteiger partial charge in [-0.3, -0.25) is 9.97 Å². The fraction of sp³-hybridized carbons (Fsp3) is 0.500. The molecule has 0 bridgehead atoms. The van der Waals surface area contributed by atoms with Gasteiger partial charge < -0.3 is 14.4 Å². The highest BCUT2D eigenvalue weighted by Gasteiger charge is 2.34. The molecule has 0 amide bonds. The minimum absolute atomic E-state index is 0.0682. The van der Waals surface area contributed by atoms with Gasteiger partial charge in [-0.15, -0.1) is 0 Å². The van der Waals surface area contributed by atoms with Crippen LogP contribution >= 0.6 is 0 Å². The number of anilines is 1. The summed E-state index contributed by atoms with van der Waals surface area (Å²) in [5, 5.41) is 1.08. The molecule has 0 aliphatic carbocycles. The molecule has 1 aliphatic rings. The van der Waals surface area contributed by atoms with Gasteiger partial charge in [0.25, 0.3) is 0 Å². The first-order valence-electron chi connectivity index (χ1n) is 7.19. The smallest absolute Gasteiger partial charge is 0.0990 e. The fourth-order valence-electron chi connectivity index (χ4n) is 3.00. The zero-order valence-electron chi connectivity index (χ0n) is 12.7. The van der Waals surface area contributed by atoms with Gasteiger partial charge in [0.15, 0.2) is 0 Å². The first-order valence-corrected chi connectivity index (χ1v) is 7.19. The monoisotopic (exact) mass is 287 g/mol. The summed E-state index contributed by atoms with van der Waals surface area (Å²) >= 11 is 0. The third kappa shape index (κ3) is 2.99. The normalized spacial score (nSPS) is 21.7. The van der Waals surface area contributed by atoms with E-state index in [2.05, 4.69) is 34.8 Å². The van der Waals surface area contributed by atoms with E-state index in [9.17, 15) is 0 Å². The van der Waals surface area contributed by atoms with Gasteiger partial charge in [-0.2, -0.15) is 0 Å². The Bertz CT molecular complexity index is 624. The van der Waals surface area contributed by atoms with E-state index in [0.717, 1.165) is 29.7 Å². The van der Waals surface area contributed by atoms with E-state index in [-0.39, 0.29) is 11.7 Å². The van der Waals surface area contributed by atoms with Crippen LogP contribution in [0.2, 0.25) is 0 Å². The van der Waals surface area contributed by atoms with Crippen LogP contribution in [0.5, 0.6) is 0 Å². The number of methoxy groups -OCH3 is 1.